The first kappa shape index (κ1) is 6.93. The van der Waals surface area contributed by atoms with E-state index in [0.29, 0.717) is 5.56 Å². The van der Waals surface area contributed by atoms with Crippen molar-refractivity contribution in [1.82, 2.24) is 0 Å². The van der Waals surface area contributed by atoms with Crippen molar-refractivity contribution in [3.63, 3.8) is 0 Å². The van der Waals surface area contributed by atoms with Crippen LogP contribution in [0.1, 0.15) is 10.4 Å². The molecule has 0 fully saturated rings. The van der Waals surface area contributed by atoms with Crippen molar-refractivity contribution in [1.29, 1.82) is 0 Å². The number of ketones is 1. The van der Waals surface area contributed by atoms with E-state index in [-0.39, 0.29) is 6.67 Å². The predicted octanol–water partition coefficient (Wildman–Crippen LogP) is 2.00. The Labute approximate surface area is 58.5 Å². The van der Waals surface area contributed by atoms with E-state index in [1.54, 1.807) is 30.3 Å². The van der Waals surface area contributed by atoms with Gasteiger partial charge in [-0.25, -0.2) is 4.39 Å². The highest BCUT2D eigenvalue weighted by Crippen LogP contribution is 2.01. The fourth-order valence-electron chi connectivity index (χ4n) is 0.665. The molecule has 1 aromatic carbocycles. The molecule has 0 N–H and O–H groups in total. The lowest BCUT2D eigenvalue weighted by molar-refractivity contribution is 0.0998. The topological polar surface area (TPSA) is 17.1 Å². The summed E-state index contributed by atoms with van der Waals surface area (Å²) < 4.78 is 11.6. The van der Waals surface area contributed by atoms with E-state index < -0.39 is 5.78 Å². The summed E-state index contributed by atoms with van der Waals surface area (Å²) >= 11 is 0. The van der Waals surface area contributed by atoms with Gasteiger partial charge in [-0.1, -0.05) is 30.3 Å². The molecule has 0 saturated heterocycles. The van der Waals surface area contributed by atoms with Crippen molar-refractivity contribution in [3.8, 4) is 0 Å². The summed E-state index contributed by atoms with van der Waals surface area (Å²) in [5, 5.41) is 0. The molecule has 0 bridgehead atoms. The van der Waals surface area contributed by atoms with E-state index in [1.165, 1.54) is 0 Å². The van der Waals surface area contributed by atoms with Crippen molar-refractivity contribution < 1.29 is 9.18 Å². The Kier molecular flexibility index (Phi) is 2.15. The first-order chi connectivity index (χ1) is 4.84. The fraction of sp³-hybridized carbons (Fsp3) is 0. The Balaban J connectivity index is 2.85. The van der Waals surface area contributed by atoms with Crippen LogP contribution in [0.2, 0.25) is 0 Å². The van der Waals surface area contributed by atoms with E-state index in [9.17, 15) is 9.18 Å². The van der Waals surface area contributed by atoms with Crippen LogP contribution in [0.25, 0.3) is 0 Å². The van der Waals surface area contributed by atoms with Crippen LogP contribution in [-0.4, -0.2) is 5.78 Å². The molecule has 51 valence electrons. The first-order valence-electron chi connectivity index (χ1n) is 2.87. The van der Waals surface area contributed by atoms with Gasteiger partial charge in [0.05, 0.1) is 0 Å². The fourth-order valence-corrected chi connectivity index (χ4v) is 0.665. The molecule has 0 amide bonds. The number of carbonyl (C=O) groups is 1. The summed E-state index contributed by atoms with van der Waals surface area (Å²) in [4.78, 5) is 10.6. The highest BCUT2D eigenvalue weighted by Gasteiger charge is 2.02. The van der Waals surface area contributed by atoms with Gasteiger partial charge in [-0.05, 0) is 0 Å². The van der Waals surface area contributed by atoms with Crippen LogP contribution in [-0.2, 0) is 0 Å². The maximum absolute atomic E-state index is 11.6. The second-order valence-electron chi connectivity index (χ2n) is 1.84. The largest absolute Gasteiger partial charge is 0.291 e. The molecule has 0 heterocycles. The molecule has 0 aliphatic carbocycles. The monoisotopic (exact) mass is 137 g/mol. The molecule has 0 aliphatic rings. The maximum Gasteiger partial charge on any atom is 0.201 e. The normalized spacial score (nSPS) is 9.30. The minimum absolute atomic E-state index is 0.0648. The Morgan fingerprint density at radius 3 is 2.40 bits per heavy atom. The van der Waals surface area contributed by atoms with Crippen LogP contribution in [0.15, 0.2) is 30.3 Å². The standard InChI is InChI=1S/C8H6FO/c9-6-8(10)7-4-2-1-3-5-7/h1-6H. The van der Waals surface area contributed by atoms with Crippen molar-refractivity contribution in [2.45, 2.75) is 0 Å². The second-order valence-corrected chi connectivity index (χ2v) is 1.84. The highest BCUT2D eigenvalue weighted by atomic mass is 19.1. The molecule has 1 rings (SSSR count). The molecule has 0 atom stereocenters. The summed E-state index contributed by atoms with van der Waals surface area (Å²) in [5.74, 6) is -0.583. The molecular formula is C8H6FO. The van der Waals surface area contributed by atoms with Crippen LogP contribution < -0.4 is 0 Å². The third kappa shape index (κ3) is 1.41. The predicted molar refractivity (Wildman–Crippen MR) is 36.2 cm³/mol. The first-order valence-corrected chi connectivity index (χ1v) is 2.87. The van der Waals surface area contributed by atoms with E-state index in [1.807, 2.05) is 0 Å². The summed E-state index contributed by atoms with van der Waals surface area (Å²) in [6, 6.07) is 8.29. The molecule has 2 heteroatoms. The minimum Gasteiger partial charge on any atom is -0.291 e. The third-order valence-electron chi connectivity index (χ3n) is 1.16. The summed E-state index contributed by atoms with van der Waals surface area (Å²) in [5.41, 5.74) is 0.380. The summed E-state index contributed by atoms with van der Waals surface area (Å²) in [6.07, 6.45) is 0. The average Bonchev–Trinajstić information content (AvgIpc) is 2.05. The Bertz CT molecular complexity index is 218. The number of rotatable bonds is 2. The van der Waals surface area contributed by atoms with E-state index in [4.69, 9.17) is 0 Å². The number of benzene rings is 1. The molecule has 1 nitrogen and oxygen atoms in total. The van der Waals surface area contributed by atoms with Gasteiger partial charge in [-0.15, -0.1) is 0 Å². The Morgan fingerprint density at radius 2 is 1.90 bits per heavy atom. The second kappa shape index (κ2) is 3.11. The molecule has 1 radical (unpaired) electrons. The van der Waals surface area contributed by atoms with Gasteiger partial charge in [0.25, 0.3) is 0 Å². The molecular weight excluding hydrogens is 131 g/mol. The zero-order valence-corrected chi connectivity index (χ0v) is 5.25. The van der Waals surface area contributed by atoms with Crippen LogP contribution in [0, 0.1) is 6.67 Å². The van der Waals surface area contributed by atoms with Crippen LogP contribution in [0.5, 0.6) is 0 Å². The quantitative estimate of drug-likeness (QED) is 0.570. The lowest BCUT2D eigenvalue weighted by Gasteiger charge is -1.91. The van der Waals surface area contributed by atoms with Gasteiger partial charge >= 0.3 is 0 Å². The molecule has 1 aromatic rings. The van der Waals surface area contributed by atoms with E-state index in [0.717, 1.165) is 0 Å². The SMILES string of the molecule is O=C([CH]F)c1ccccc1. The van der Waals surface area contributed by atoms with Gasteiger partial charge in [-0.3, -0.25) is 4.79 Å². The number of hydrogen-bond acceptors (Lipinski definition) is 1. The van der Waals surface area contributed by atoms with Crippen LogP contribution in [0.4, 0.5) is 4.39 Å². The third-order valence-corrected chi connectivity index (χ3v) is 1.16. The zero-order valence-electron chi connectivity index (χ0n) is 5.25. The van der Waals surface area contributed by atoms with Crippen molar-refractivity contribution in [2.75, 3.05) is 0 Å². The maximum atomic E-state index is 11.6. The lowest BCUT2D eigenvalue weighted by Crippen LogP contribution is -1.94. The van der Waals surface area contributed by atoms with Gasteiger partial charge in [0.2, 0.25) is 6.67 Å². The zero-order chi connectivity index (χ0) is 7.40. The molecule has 0 unspecified atom stereocenters. The lowest BCUT2D eigenvalue weighted by atomic mass is 10.1. The number of halogens is 1. The molecule has 0 aliphatic heterocycles. The van der Waals surface area contributed by atoms with Gasteiger partial charge in [-0.2, -0.15) is 0 Å². The van der Waals surface area contributed by atoms with Gasteiger partial charge in [0.1, 0.15) is 0 Å². The molecule has 0 aromatic heterocycles. The van der Waals surface area contributed by atoms with Gasteiger partial charge < -0.3 is 0 Å². The van der Waals surface area contributed by atoms with Crippen LogP contribution >= 0.6 is 0 Å². The minimum atomic E-state index is -0.583. The molecule has 0 spiro atoms. The van der Waals surface area contributed by atoms with Crippen LogP contribution in [0.3, 0.4) is 0 Å². The highest BCUT2D eigenvalue weighted by molar-refractivity contribution is 6.01. The van der Waals surface area contributed by atoms with E-state index >= 15 is 0 Å². The molecule has 10 heavy (non-hydrogen) atoms. The number of Topliss-reactive ketones (excluding diaryl/α,β-unsaturated/α-hetero) is 1. The summed E-state index contributed by atoms with van der Waals surface area (Å²) in [6.45, 7) is 0.0648. The number of hydrogen-bond donors (Lipinski definition) is 0. The van der Waals surface area contributed by atoms with Crippen molar-refractivity contribution >= 4 is 5.78 Å². The number of carbonyl (C=O) groups excluding carboxylic acids is 1. The van der Waals surface area contributed by atoms with E-state index in [2.05, 4.69) is 0 Å². The van der Waals surface area contributed by atoms with Crippen molar-refractivity contribution in [2.24, 2.45) is 0 Å². The Morgan fingerprint density at radius 1 is 1.30 bits per heavy atom. The van der Waals surface area contributed by atoms with Crippen molar-refractivity contribution in [3.05, 3.63) is 42.6 Å². The van der Waals surface area contributed by atoms with Gasteiger partial charge in [0.15, 0.2) is 5.78 Å². The molecule has 0 saturated carbocycles. The Hall–Kier alpha value is -1.18. The van der Waals surface area contributed by atoms with Gasteiger partial charge in [0, 0.05) is 5.56 Å². The summed E-state index contributed by atoms with van der Waals surface area (Å²) in [7, 11) is 0. The average molecular weight is 137 g/mol. The smallest absolute Gasteiger partial charge is 0.201 e.